The molecule has 0 saturated carbocycles. The summed E-state index contributed by atoms with van der Waals surface area (Å²) in [6, 6.07) is 0. The Kier molecular flexibility index (Phi) is 7.11. The van der Waals surface area contributed by atoms with Crippen molar-refractivity contribution in [3.63, 3.8) is 0 Å². The molecule has 0 aromatic carbocycles. The van der Waals surface area contributed by atoms with Crippen LogP contribution in [0.25, 0.3) is 0 Å². The van der Waals surface area contributed by atoms with Crippen molar-refractivity contribution in [3.8, 4) is 0 Å². The molecule has 0 aromatic rings. The molecule has 0 aliphatic carbocycles. The summed E-state index contributed by atoms with van der Waals surface area (Å²) in [5, 5.41) is 3.28. The third-order valence-corrected chi connectivity index (χ3v) is 1.21. The molecule has 8 heavy (non-hydrogen) atoms. The molecule has 3 heteroatoms. The molecule has 1 N–H and O–H groups in total. The van der Waals surface area contributed by atoms with E-state index >= 15 is 0 Å². The Labute approximate surface area is 52.3 Å². The molecule has 0 unspecified atom stereocenters. The van der Waals surface area contributed by atoms with Gasteiger partial charge in [-0.2, -0.15) is 0 Å². The van der Waals surface area contributed by atoms with Crippen molar-refractivity contribution in [2.45, 2.75) is 19.3 Å². The number of nitrogens with one attached hydrogen (secondary N) is 1. The first-order valence-electron chi connectivity index (χ1n) is 2.91. The molecule has 1 aliphatic rings. The summed E-state index contributed by atoms with van der Waals surface area (Å²) < 4.78 is 8.06. The van der Waals surface area contributed by atoms with Crippen LogP contribution < -0.4 is 5.32 Å². The summed E-state index contributed by atoms with van der Waals surface area (Å²) in [4.78, 5) is 0. The maximum atomic E-state index is 8.06. The van der Waals surface area contributed by atoms with Crippen molar-refractivity contribution in [2.75, 3.05) is 13.1 Å². The Morgan fingerprint density at radius 2 is 1.50 bits per heavy atom. The number of piperidine rings is 1. The van der Waals surface area contributed by atoms with Gasteiger partial charge in [-0.05, 0) is 25.9 Å². The van der Waals surface area contributed by atoms with Gasteiger partial charge < -0.3 is 5.32 Å². The second-order valence-electron chi connectivity index (χ2n) is 1.81. The van der Waals surface area contributed by atoms with Gasteiger partial charge in [-0.3, -0.25) is 4.57 Å². The Hall–Kier alpha value is 0.0600. The lowest BCUT2D eigenvalue weighted by Gasteiger charge is -2.08. The highest BCUT2D eigenvalue weighted by atomic mass is 31.0. The van der Waals surface area contributed by atoms with E-state index in [-0.39, 0.29) is 0 Å². The minimum Gasteiger partial charge on any atom is -0.317 e. The first-order valence-corrected chi connectivity index (χ1v) is 3.32. The van der Waals surface area contributed by atoms with Gasteiger partial charge in [0, 0.05) is 0 Å². The molecule has 0 atom stereocenters. The van der Waals surface area contributed by atoms with Gasteiger partial charge in [0.15, 0.2) is 0 Å². The number of hydrogen-bond donors (Lipinski definition) is 1. The fourth-order valence-corrected chi connectivity index (χ4v) is 0.802. The first-order chi connectivity index (χ1) is 4.00. The lowest BCUT2D eigenvalue weighted by molar-refractivity contribution is 0.520. The highest BCUT2D eigenvalue weighted by Crippen LogP contribution is 1.96. The zero-order chi connectivity index (χ0) is 6.24. The van der Waals surface area contributed by atoms with Crippen LogP contribution in [0.15, 0.2) is 0 Å². The van der Waals surface area contributed by atoms with Crippen molar-refractivity contribution < 1.29 is 4.57 Å². The van der Waals surface area contributed by atoms with Gasteiger partial charge in [-0.1, -0.05) is 6.42 Å². The smallest absolute Gasteiger partial charge is 0.138 e. The van der Waals surface area contributed by atoms with Crippen LogP contribution in [-0.2, 0) is 4.57 Å². The summed E-state index contributed by atoms with van der Waals surface area (Å²) in [5.41, 5.74) is 0. The zero-order valence-corrected chi connectivity index (χ0v) is 5.94. The summed E-state index contributed by atoms with van der Waals surface area (Å²) >= 11 is 0. The van der Waals surface area contributed by atoms with E-state index < -0.39 is 0 Å². The van der Waals surface area contributed by atoms with E-state index in [1.807, 2.05) is 0 Å². The van der Waals surface area contributed by atoms with Gasteiger partial charge in [-0.25, -0.2) is 0 Å². The van der Waals surface area contributed by atoms with Crippen LogP contribution in [0.1, 0.15) is 19.3 Å². The first kappa shape index (κ1) is 8.06. The molecule has 0 aromatic heterocycles. The lowest BCUT2D eigenvalue weighted by atomic mass is 10.2. The Bertz CT molecular complexity index is 36.2. The minimum atomic E-state index is 1.25. The van der Waals surface area contributed by atoms with Crippen LogP contribution in [0.4, 0.5) is 0 Å². The van der Waals surface area contributed by atoms with Crippen LogP contribution in [0.2, 0.25) is 0 Å². The predicted octanol–water partition coefficient (Wildman–Crippen LogP) is 1.23. The molecule has 1 aliphatic heterocycles. The van der Waals surface area contributed by atoms with Crippen LogP contribution in [0.3, 0.4) is 0 Å². The van der Waals surface area contributed by atoms with E-state index in [0.29, 0.717) is 0 Å². The molecule has 1 rings (SSSR count). The van der Waals surface area contributed by atoms with Crippen LogP contribution in [0, 0.1) is 0 Å². The van der Waals surface area contributed by atoms with E-state index in [9.17, 15) is 0 Å². The van der Waals surface area contributed by atoms with Crippen molar-refractivity contribution in [1.29, 1.82) is 0 Å². The van der Waals surface area contributed by atoms with Gasteiger partial charge in [0.25, 0.3) is 0 Å². The second-order valence-corrected chi connectivity index (χ2v) is 1.81. The van der Waals surface area contributed by atoms with E-state index in [2.05, 4.69) is 5.32 Å². The molecule has 1 saturated heterocycles. The summed E-state index contributed by atoms with van der Waals surface area (Å²) in [7, 11) is 1.72. The Morgan fingerprint density at radius 1 is 1.00 bits per heavy atom. The van der Waals surface area contributed by atoms with Crippen molar-refractivity contribution in [2.24, 2.45) is 0 Å². The monoisotopic (exact) mass is 133 g/mol. The largest absolute Gasteiger partial charge is 0.317 e. The van der Waals surface area contributed by atoms with Crippen molar-refractivity contribution in [1.82, 2.24) is 5.32 Å². The molecular formula is C5H12NOP. The fraction of sp³-hybridized carbons (Fsp3) is 1.00. The topological polar surface area (TPSA) is 29.1 Å². The maximum Gasteiger partial charge on any atom is 0.138 e. The lowest BCUT2D eigenvalue weighted by Crippen LogP contribution is -2.21. The Morgan fingerprint density at radius 3 is 1.62 bits per heavy atom. The average molecular weight is 133 g/mol. The van der Waals surface area contributed by atoms with Gasteiger partial charge in [0.05, 0.1) is 0 Å². The second kappa shape index (κ2) is 7.06. The highest BCUT2D eigenvalue weighted by molar-refractivity contribution is 7.00. The van der Waals surface area contributed by atoms with Crippen molar-refractivity contribution >= 4 is 9.12 Å². The minimum absolute atomic E-state index is 1.25. The molecule has 0 spiro atoms. The van der Waals surface area contributed by atoms with E-state index in [1.165, 1.54) is 32.4 Å². The standard InChI is InChI=1S/C5H11N.HOP/c1-2-4-6-5-3-1;1-2/h6H,1-5H2;2H. The normalized spacial score (nSPS) is 18.5. The van der Waals surface area contributed by atoms with E-state index in [1.54, 1.807) is 9.12 Å². The maximum absolute atomic E-state index is 8.06. The molecule has 1 heterocycles. The van der Waals surface area contributed by atoms with Gasteiger partial charge in [-0.15, -0.1) is 0 Å². The van der Waals surface area contributed by atoms with E-state index in [0.717, 1.165) is 0 Å². The molecule has 0 amide bonds. The zero-order valence-electron chi connectivity index (χ0n) is 4.94. The van der Waals surface area contributed by atoms with Gasteiger partial charge >= 0.3 is 0 Å². The molecular weight excluding hydrogens is 121 g/mol. The van der Waals surface area contributed by atoms with Gasteiger partial charge in [0.1, 0.15) is 9.12 Å². The molecule has 48 valence electrons. The average Bonchev–Trinajstić information content (AvgIpc) is 1.96. The van der Waals surface area contributed by atoms with Gasteiger partial charge in [0.2, 0.25) is 0 Å². The summed E-state index contributed by atoms with van der Waals surface area (Å²) in [6.45, 7) is 2.50. The molecule has 0 bridgehead atoms. The molecule has 1 fully saturated rings. The predicted molar refractivity (Wildman–Crippen MR) is 35.7 cm³/mol. The van der Waals surface area contributed by atoms with Crippen LogP contribution in [-0.4, -0.2) is 13.1 Å². The summed E-state index contributed by atoms with van der Waals surface area (Å²) in [6.07, 6.45) is 4.22. The van der Waals surface area contributed by atoms with Crippen molar-refractivity contribution in [3.05, 3.63) is 0 Å². The third-order valence-electron chi connectivity index (χ3n) is 1.21. The molecule has 0 radical (unpaired) electrons. The number of rotatable bonds is 0. The highest BCUT2D eigenvalue weighted by Gasteiger charge is 1.93. The van der Waals surface area contributed by atoms with Crippen LogP contribution in [0.5, 0.6) is 0 Å². The summed E-state index contributed by atoms with van der Waals surface area (Å²) in [5.74, 6) is 0. The molecule has 2 nitrogen and oxygen atoms in total. The fourth-order valence-electron chi connectivity index (χ4n) is 0.802. The van der Waals surface area contributed by atoms with Crippen LogP contribution >= 0.6 is 9.12 Å². The quantitative estimate of drug-likeness (QED) is 0.503. The third kappa shape index (κ3) is 4.23. The SMILES string of the molecule is C1CCNCC1.O=P. The number of hydrogen-bond acceptors (Lipinski definition) is 2. The van der Waals surface area contributed by atoms with E-state index in [4.69, 9.17) is 4.57 Å². The Balaban J connectivity index is 0.000000222.